The Balaban J connectivity index is 1.72. The van der Waals surface area contributed by atoms with Gasteiger partial charge in [0.1, 0.15) is 5.82 Å². The molecule has 0 saturated heterocycles. The topological polar surface area (TPSA) is 113 Å². The van der Waals surface area contributed by atoms with Crippen LogP contribution in [0.5, 0.6) is 5.75 Å². The molecule has 0 aliphatic carbocycles. The largest absolute Gasteiger partial charge is 0.480 e. The lowest BCUT2D eigenvalue weighted by Crippen LogP contribution is -2.69. The van der Waals surface area contributed by atoms with Gasteiger partial charge >= 0.3 is 6.09 Å². The Morgan fingerprint density at radius 2 is 1.71 bits per heavy atom. The zero-order chi connectivity index (χ0) is 27.3. The van der Waals surface area contributed by atoms with Gasteiger partial charge in [0.05, 0.1) is 6.10 Å². The molecule has 1 unspecified atom stereocenters. The number of hydrogen-bond acceptors (Lipinski definition) is 6. The molecule has 1 atom stereocenters. The Morgan fingerprint density at radius 1 is 1.11 bits per heavy atom. The quantitative estimate of drug-likeness (QED) is 0.362. The van der Waals surface area contributed by atoms with Crippen molar-refractivity contribution in [2.24, 2.45) is 0 Å². The average Bonchev–Trinajstić information content (AvgIpc) is 2.89. The molecule has 4 rings (SSSR count). The van der Waals surface area contributed by atoms with Crippen molar-refractivity contribution in [3.8, 4) is 5.75 Å². The molecule has 2 aromatic carbocycles. The number of carbonyl (C=O) groups is 2. The lowest BCUT2D eigenvalue weighted by molar-refractivity contribution is -0.118. The van der Waals surface area contributed by atoms with E-state index in [-0.39, 0.29) is 24.1 Å². The van der Waals surface area contributed by atoms with Crippen LogP contribution in [0.3, 0.4) is 0 Å². The van der Waals surface area contributed by atoms with Gasteiger partial charge in [0.15, 0.2) is 18.2 Å². The van der Waals surface area contributed by atoms with Crippen molar-refractivity contribution >= 4 is 42.3 Å². The Bertz CT molecular complexity index is 1230. The highest BCUT2D eigenvalue weighted by molar-refractivity contribution is 6.99. The number of fused-ring (bicyclic) bond motifs is 1. The summed E-state index contributed by atoms with van der Waals surface area (Å²) in [6.07, 6.45) is -1.62. The van der Waals surface area contributed by atoms with E-state index < -0.39 is 20.5 Å². The molecule has 2 amide bonds. The normalized spacial score (nSPS) is 14.1. The summed E-state index contributed by atoms with van der Waals surface area (Å²) >= 11 is 0. The number of hydrogen-bond donors (Lipinski definition) is 3. The van der Waals surface area contributed by atoms with E-state index in [1.165, 1.54) is 0 Å². The first-order valence-electron chi connectivity index (χ1n) is 12.5. The van der Waals surface area contributed by atoms with Gasteiger partial charge < -0.3 is 29.8 Å². The molecule has 9 nitrogen and oxygen atoms in total. The van der Waals surface area contributed by atoms with Crippen molar-refractivity contribution < 1.29 is 23.9 Å². The molecule has 200 valence electrons. The molecular formula is C28H34N4O5Si. The molecule has 0 radical (unpaired) electrons. The van der Waals surface area contributed by atoms with E-state index in [2.05, 4.69) is 60.7 Å². The zero-order valence-corrected chi connectivity index (χ0v) is 23.1. The second kappa shape index (κ2) is 11.2. The molecule has 0 saturated carbocycles. The standard InChI is InChI=1S/C28H34N4O5Si/c1-28(2,3)38(21-11-7-5-8-12-21,22-13-9-6-10-14-22)37-20(17-29-27(34)35)18-32(4)24-16-15-23-26(30-24)31-25(33)19-36-23/h5-16,20,29H,17-19H2,1-4H3,(H,34,35)(H,30,31,33). The maximum absolute atomic E-state index is 11.8. The SMILES string of the molecule is CN(CC(CNC(=O)O)O[Si](c1ccccc1)(c1ccccc1)C(C)(C)C)c1ccc2c(n1)NC(=O)CO2. The third kappa shape index (κ3) is 5.81. The van der Waals surface area contributed by atoms with Crippen molar-refractivity contribution in [2.75, 3.05) is 37.0 Å². The third-order valence-corrected chi connectivity index (χ3v) is 11.7. The van der Waals surface area contributed by atoms with Crippen LogP contribution in [0.15, 0.2) is 72.8 Å². The van der Waals surface area contributed by atoms with Gasteiger partial charge in [-0.05, 0) is 27.5 Å². The van der Waals surface area contributed by atoms with Gasteiger partial charge in [0, 0.05) is 20.1 Å². The van der Waals surface area contributed by atoms with Crippen molar-refractivity contribution in [2.45, 2.75) is 31.9 Å². The summed E-state index contributed by atoms with van der Waals surface area (Å²) < 4.78 is 12.6. The number of anilines is 2. The minimum atomic E-state index is -2.94. The van der Waals surface area contributed by atoms with E-state index in [4.69, 9.17) is 9.16 Å². The molecule has 0 spiro atoms. The second-order valence-corrected chi connectivity index (χ2v) is 14.6. The first-order valence-corrected chi connectivity index (χ1v) is 14.4. The molecule has 3 N–H and O–H groups in total. The summed E-state index contributed by atoms with van der Waals surface area (Å²) in [5, 5.41) is 16.6. The number of carbonyl (C=O) groups excluding carboxylic acids is 1. The minimum Gasteiger partial charge on any atom is -0.480 e. The summed E-state index contributed by atoms with van der Waals surface area (Å²) in [6, 6.07) is 24.0. The predicted molar refractivity (Wildman–Crippen MR) is 150 cm³/mol. The van der Waals surface area contributed by atoms with Gasteiger partial charge in [-0.25, -0.2) is 9.78 Å². The van der Waals surface area contributed by atoms with Crippen molar-refractivity contribution in [3.05, 3.63) is 72.8 Å². The lowest BCUT2D eigenvalue weighted by Gasteiger charge is -2.45. The summed E-state index contributed by atoms with van der Waals surface area (Å²) in [7, 11) is -1.08. The van der Waals surface area contributed by atoms with Crippen LogP contribution in [-0.4, -0.2) is 63.3 Å². The minimum absolute atomic E-state index is 0.0425. The summed E-state index contributed by atoms with van der Waals surface area (Å²) in [5.74, 6) is 1.21. The fraction of sp³-hybridized carbons (Fsp3) is 0.321. The number of rotatable bonds is 9. The van der Waals surface area contributed by atoms with Crippen LogP contribution in [0.2, 0.25) is 5.04 Å². The van der Waals surface area contributed by atoms with E-state index in [9.17, 15) is 14.7 Å². The molecule has 1 aliphatic heterocycles. The highest BCUT2D eigenvalue weighted by atomic mass is 28.4. The maximum Gasteiger partial charge on any atom is 0.404 e. The van der Waals surface area contributed by atoms with Gasteiger partial charge in [-0.15, -0.1) is 0 Å². The molecule has 38 heavy (non-hydrogen) atoms. The number of pyridine rings is 1. The van der Waals surface area contributed by atoms with E-state index >= 15 is 0 Å². The number of likely N-dealkylation sites (N-methyl/N-ethyl adjacent to an activating group) is 1. The fourth-order valence-corrected chi connectivity index (χ4v) is 9.52. The average molecular weight is 535 g/mol. The van der Waals surface area contributed by atoms with Crippen molar-refractivity contribution in [3.63, 3.8) is 0 Å². The Morgan fingerprint density at radius 3 is 2.26 bits per heavy atom. The van der Waals surface area contributed by atoms with Gasteiger partial charge in [0.2, 0.25) is 0 Å². The predicted octanol–water partition coefficient (Wildman–Crippen LogP) is 3.06. The smallest absolute Gasteiger partial charge is 0.404 e. The number of aromatic nitrogens is 1. The number of nitrogens with zero attached hydrogens (tertiary/aromatic N) is 2. The first-order chi connectivity index (χ1) is 18.1. The molecule has 3 aromatic rings. The summed E-state index contributed by atoms with van der Waals surface area (Å²) in [4.78, 5) is 29.8. The van der Waals surface area contributed by atoms with Gasteiger partial charge in [0.25, 0.3) is 14.2 Å². The van der Waals surface area contributed by atoms with Gasteiger partial charge in [-0.1, -0.05) is 81.4 Å². The molecule has 1 aliphatic rings. The van der Waals surface area contributed by atoms with Crippen LogP contribution in [0.4, 0.5) is 16.4 Å². The lowest BCUT2D eigenvalue weighted by atomic mass is 10.2. The molecule has 0 bridgehead atoms. The van der Waals surface area contributed by atoms with Crippen LogP contribution >= 0.6 is 0 Å². The third-order valence-electron chi connectivity index (χ3n) is 6.57. The Kier molecular flexibility index (Phi) is 8.03. The molecule has 2 heterocycles. The summed E-state index contributed by atoms with van der Waals surface area (Å²) in [5.41, 5.74) is 0. The number of amides is 2. The van der Waals surface area contributed by atoms with E-state index in [1.54, 1.807) is 12.1 Å². The van der Waals surface area contributed by atoms with Crippen molar-refractivity contribution in [1.82, 2.24) is 10.3 Å². The van der Waals surface area contributed by atoms with Crippen molar-refractivity contribution in [1.29, 1.82) is 0 Å². The maximum atomic E-state index is 11.8. The number of nitrogens with one attached hydrogen (secondary N) is 2. The monoisotopic (exact) mass is 534 g/mol. The van der Waals surface area contributed by atoms with Crippen LogP contribution < -0.4 is 30.6 Å². The molecule has 10 heteroatoms. The van der Waals surface area contributed by atoms with Gasteiger partial charge in [-0.2, -0.15) is 0 Å². The molecule has 1 aromatic heterocycles. The molecular weight excluding hydrogens is 500 g/mol. The van der Waals surface area contributed by atoms with Crippen LogP contribution in [0, 0.1) is 0 Å². The highest BCUT2D eigenvalue weighted by Crippen LogP contribution is 2.37. The van der Waals surface area contributed by atoms with Gasteiger partial charge in [-0.3, -0.25) is 4.79 Å². The van der Waals surface area contributed by atoms with Crippen LogP contribution in [-0.2, 0) is 9.22 Å². The van der Waals surface area contributed by atoms with E-state index in [0.717, 1.165) is 10.4 Å². The number of ether oxygens (including phenoxy) is 1. The number of benzene rings is 2. The van der Waals surface area contributed by atoms with Crippen LogP contribution in [0.1, 0.15) is 20.8 Å². The van der Waals surface area contributed by atoms with Crippen LogP contribution in [0.25, 0.3) is 0 Å². The highest BCUT2D eigenvalue weighted by Gasteiger charge is 2.51. The van der Waals surface area contributed by atoms with E-state index in [1.807, 2.05) is 48.3 Å². The first kappa shape index (κ1) is 27.1. The second-order valence-electron chi connectivity index (χ2n) is 10.3. The summed E-state index contributed by atoms with van der Waals surface area (Å²) in [6.45, 7) is 6.94. The van der Waals surface area contributed by atoms with E-state index in [0.29, 0.717) is 23.9 Å². The number of carboxylic acid groups (broad SMARTS) is 1. The zero-order valence-electron chi connectivity index (χ0n) is 22.1. The Hall–Kier alpha value is -3.89. The molecule has 0 fully saturated rings. The Labute approximate surface area is 223 Å². The fourth-order valence-electron chi connectivity index (χ4n) is 4.85.